The van der Waals surface area contributed by atoms with Gasteiger partial charge in [-0.3, -0.25) is 9.69 Å². The van der Waals surface area contributed by atoms with E-state index in [2.05, 4.69) is 41.4 Å². The molecule has 1 unspecified atom stereocenters. The Kier molecular flexibility index (Phi) is 5.86. The van der Waals surface area contributed by atoms with Gasteiger partial charge in [-0.25, -0.2) is 0 Å². The van der Waals surface area contributed by atoms with Crippen LogP contribution in [-0.2, 0) is 11.3 Å². The molecular weight excluding hydrogens is 318 g/mol. The van der Waals surface area contributed by atoms with Gasteiger partial charge in [0.15, 0.2) is 0 Å². The number of hydrogen-bond donors (Lipinski definition) is 2. The number of benzene rings is 1. The van der Waals surface area contributed by atoms with Gasteiger partial charge in [-0.05, 0) is 18.6 Å². The van der Waals surface area contributed by atoms with Gasteiger partial charge in [0.25, 0.3) is 5.91 Å². The average Bonchev–Trinajstić information content (AvgIpc) is 3.12. The molecule has 0 aliphatic carbocycles. The molecule has 0 spiro atoms. The van der Waals surface area contributed by atoms with Crippen LogP contribution in [-0.4, -0.2) is 43.7 Å². The minimum atomic E-state index is -0.144. The summed E-state index contributed by atoms with van der Waals surface area (Å²) in [5.41, 5.74) is 8.45. The first-order valence-electron chi connectivity index (χ1n) is 8.61. The predicted molar refractivity (Wildman–Crippen MR) is 95.2 cm³/mol. The SMILES string of the molecule is Cc1cccc(C(CNC(=O)c2coc(CN)c2)N2CCOCC2)c1. The number of rotatable bonds is 6. The van der Waals surface area contributed by atoms with E-state index in [9.17, 15) is 4.79 Å². The number of furan rings is 1. The van der Waals surface area contributed by atoms with Gasteiger partial charge in [0, 0.05) is 19.6 Å². The van der Waals surface area contributed by atoms with Gasteiger partial charge in [0.1, 0.15) is 12.0 Å². The number of amides is 1. The van der Waals surface area contributed by atoms with Gasteiger partial charge in [0.2, 0.25) is 0 Å². The maximum atomic E-state index is 12.4. The number of nitrogens with two attached hydrogens (primary N) is 1. The van der Waals surface area contributed by atoms with E-state index in [1.54, 1.807) is 6.07 Å². The van der Waals surface area contributed by atoms with Gasteiger partial charge in [-0.2, -0.15) is 0 Å². The molecule has 25 heavy (non-hydrogen) atoms. The van der Waals surface area contributed by atoms with Crippen LogP contribution in [0.4, 0.5) is 0 Å². The molecule has 1 aromatic heterocycles. The van der Waals surface area contributed by atoms with Crippen LogP contribution in [0.25, 0.3) is 0 Å². The maximum absolute atomic E-state index is 12.4. The van der Waals surface area contributed by atoms with E-state index in [0.717, 1.165) is 26.3 Å². The Labute approximate surface area is 147 Å². The van der Waals surface area contributed by atoms with Crippen molar-refractivity contribution in [2.75, 3.05) is 32.8 Å². The molecular formula is C19H25N3O3. The van der Waals surface area contributed by atoms with Gasteiger partial charge in [-0.15, -0.1) is 0 Å². The van der Waals surface area contributed by atoms with Crippen molar-refractivity contribution in [2.45, 2.75) is 19.5 Å². The first-order chi connectivity index (χ1) is 12.2. The maximum Gasteiger partial charge on any atom is 0.254 e. The third kappa shape index (κ3) is 4.48. The molecule has 0 bridgehead atoms. The molecule has 1 aliphatic heterocycles. The van der Waals surface area contributed by atoms with Crippen LogP contribution in [0, 0.1) is 6.92 Å². The Morgan fingerprint density at radius 3 is 2.80 bits per heavy atom. The van der Waals surface area contributed by atoms with E-state index in [1.165, 1.54) is 17.4 Å². The number of nitrogens with zero attached hydrogens (tertiary/aromatic N) is 1. The molecule has 1 aliphatic rings. The number of aryl methyl sites for hydroxylation is 1. The number of ether oxygens (including phenoxy) is 1. The highest BCUT2D eigenvalue weighted by Gasteiger charge is 2.23. The number of nitrogens with one attached hydrogen (secondary N) is 1. The molecule has 3 N–H and O–H groups in total. The minimum absolute atomic E-state index is 0.119. The van der Waals surface area contributed by atoms with Crippen molar-refractivity contribution in [3.8, 4) is 0 Å². The monoisotopic (exact) mass is 343 g/mol. The highest BCUT2D eigenvalue weighted by atomic mass is 16.5. The zero-order valence-electron chi connectivity index (χ0n) is 14.5. The summed E-state index contributed by atoms with van der Waals surface area (Å²) in [6.45, 7) is 6.06. The second kappa shape index (κ2) is 8.29. The van der Waals surface area contributed by atoms with E-state index in [0.29, 0.717) is 17.9 Å². The number of carbonyl (C=O) groups is 1. The molecule has 134 valence electrons. The molecule has 1 atom stereocenters. The standard InChI is InChI=1S/C19H25N3O3/c1-14-3-2-4-15(9-14)18(22-5-7-24-8-6-22)12-21-19(23)16-10-17(11-20)25-13-16/h2-4,9-10,13,18H,5-8,11-12,20H2,1H3,(H,21,23). The lowest BCUT2D eigenvalue weighted by Gasteiger charge is -2.35. The number of morpholine rings is 1. The van der Waals surface area contributed by atoms with Crippen LogP contribution >= 0.6 is 0 Å². The first-order valence-corrected chi connectivity index (χ1v) is 8.61. The summed E-state index contributed by atoms with van der Waals surface area (Å²) in [5, 5.41) is 3.03. The molecule has 1 saturated heterocycles. The molecule has 6 heteroatoms. The fourth-order valence-corrected chi connectivity index (χ4v) is 3.12. The van der Waals surface area contributed by atoms with Crippen LogP contribution in [0.1, 0.15) is 33.3 Å². The molecule has 1 fully saturated rings. The highest BCUT2D eigenvalue weighted by molar-refractivity contribution is 5.94. The topological polar surface area (TPSA) is 80.7 Å². The van der Waals surface area contributed by atoms with Crippen LogP contribution in [0.5, 0.6) is 0 Å². The molecule has 1 amide bonds. The lowest BCUT2D eigenvalue weighted by Crippen LogP contribution is -2.43. The summed E-state index contributed by atoms with van der Waals surface area (Å²) >= 11 is 0. The van der Waals surface area contributed by atoms with E-state index < -0.39 is 0 Å². The third-order valence-corrected chi connectivity index (χ3v) is 4.49. The van der Waals surface area contributed by atoms with Crippen LogP contribution in [0.3, 0.4) is 0 Å². The summed E-state index contributed by atoms with van der Waals surface area (Å²) in [6, 6.07) is 10.2. The Bertz CT molecular complexity index is 707. The van der Waals surface area contributed by atoms with Crippen molar-refractivity contribution >= 4 is 5.91 Å². The third-order valence-electron chi connectivity index (χ3n) is 4.49. The minimum Gasteiger partial charge on any atom is -0.467 e. The average molecular weight is 343 g/mol. The lowest BCUT2D eigenvalue weighted by molar-refractivity contribution is 0.0162. The Morgan fingerprint density at radius 2 is 2.12 bits per heavy atom. The summed E-state index contributed by atoms with van der Waals surface area (Å²) in [4.78, 5) is 14.8. The van der Waals surface area contributed by atoms with Gasteiger partial charge in [0.05, 0.1) is 31.4 Å². The number of hydrogen-bond acceptors (Lipinski definition) is 5. The second-order valence-electron chi connectivity index (χ2n) is 6.29. The van der Waals surface area contributed by atoms with Crippen molar-refractivity contribution in [2.24, 2.45) is 5.73 Å². The molecule has 2 aromatic rings. The zero-order valence-corrected chi connectivity index (χ0v) is 14.5. The Hall–Kier alpha value is -2.15. The second-order valence-corrected chi connectivity index (χ2v) is 6.29. The summed E-state index contributed by atoms with van der Waals surface area (Å²) < 4.78 is 10.7. The van der Waals surface area contributed by atoms with Crippen molar-refractivity contribution in [1.82, 2.24) is 10.2 Å². The van der Waals surface area contributed by atoms with Crippen molar-refractivity contribution < 1.29 is 13.9 Å². The fraction of sp³-hybridized carbons (Fsp3) is 0.421. The lowest BCUT2D eigenvalue weighted by atomic mass is 10.0. The Morgan fingerprint density at radius 1 is 1.32 bits per heavy atom. The molecule has 1 aromatic carbocycles. The normalized spacial score (nSPS) is 16.6. The van der Waals surface area contributed by atoms with Crippen LogP contribution < -0.4 is 11.1 Å². The molecule has 3 rings (SSSR count). The first kappa shape index (κ1) is 17.7. The quantitative estimate of drug-likeness (QED) is 0.837. The van der Waals surface area contributed by atoms with Gasteiger partial charge < -0.3 is 20.2 Å². The zero-order chi connectivity index (χ0) is 17.6. The smallest absolute Gasteiger partial charge is 0.254 e. The number of carbonyl (C=O) groups excluding carboxylic acids is 1. The van der Waals surface area contributed by atoms with Crippen molar-refractivity contribution in [3.63, 3.8) is 0 Å². The van der Waals surface area contributed by atoms with Crippen molar-refractivity contribution in [1.29, 1.82) is 0 Å². The van der Waals surface area contributed by atoms with Gasteiger partial charge in [-0.1, -0.05) is 29.8 Å². The predicted octanol–water partition coefficient (Wildman–Crippen LogP) is 1.85. The fourth-order valence-electron chi connectivity index (χ4n) is 3.12. The summed E-state index contributed by atoms with van der Waals surface area (Å²) in [7, 11) is 0. The van der Waals surface area contributed by atoms with E-state index in [1.807, 2.05) is 0 Å². The van der Waals surface area contributed by atoms with Crippen LogP contribution in [0.15, 0.2) is 41.0 Å². The molecule has 0 saturated carbocycles. The van der Waals surface area contributed by atoms with Crippen molar-refractivity contribution in [3.05, 3.63) is 59.0 Å². The van der Waals surface area contributed by atoms with E-state index in [4.69, 9.17) is 14.9 Å². The van der Waals surface area contributed by atoms with Gasteiger partial charge >= 0.3 is 0 Å². The van der Waals surface area contributed by atoms with E-state index >= 15 is 0 Å². The summed E-state index contributed by atoms with van der Waals surface area (Å²) in [6.07, 6.45) is 1.45. The Balaban J connectivity index is 1.71. The van der Waals surface area contributed by atoms with E-state index in [-0.39, 0.29) is 18.5 Å². The molecule has 6 nitrogen and oxygen atoms in total. The molecule has 2 heterocycles. The molecule has 0 radical (unpaired) electrons. The van der Waals surface area contributed by atoms with Crippen LogP contribution in [0.2, 0.25) is 0 Å². The highest BCUT2D eigenvalue weighted by Crippen LogP contribution is 2.22. The summed E-state index contributed by atoms with van der Waals surface area (Å²) in [5.74, 6) is 0.461. The largest absolute Gasteiger partial charge is 0.467 e.